The van der Waals surface area contributed by atoms with Crippen molar-refractivity contribution in [1.29, 1.82) is 0 Å². The second kappa shape index (κ2) is 7.76. The van der Waals surface area contributed by atoms with Crippen molar-refractivity contribution in [2.75, 3.05) is 33.3 Å². The number of rotatable bonds is 6. The van der Waals surface area contributed by atoms with Crippen LogP contribution in [0.4, 0.5) is 4.39 Å². The average Bonchev–Trinajstić information content (AvgIpc) is 2.49. The zero-order chi connectivity index (χ0) is 15.2. The van der Waals surface area contributed by atoms with E-state index in [1.165, 1.54) is 7.11 Å². The molecule has 2 rings (SSSR count). The third-order valence-corrected chi connectivity index (χ3v) is 4.35. The first-order valence-electron chi connectivity index (χ1n) is 7.95. The Bertz CT molecular complexity index is 446. The Hall–Kier alpha value is -1.13. The largest absolute Gasteiger partial charge is 0.494 e. The van der Waals surface area contributed by atoms with Crippen molar-refractivity contribution < 1.29 is 9.13 Å². The van der Waals surface area contributed by atoms with Gasteiger partial charge in [0.15, 0.2) is 11.6 Å². The quantitative estimate of drug-likeness (QED) is 0.872. The molecule has 0 spiro atoms. The monoisotopic (exact) mass is 294 g/mol. The maximum atomic E-state index is 14.1. The van der Waals surface area contributed by atoms with Crippen molar-refractivity contribution in [3.05, 3.63) is 29.6 Å². The number of piperazine rings is 1. The molecule has 0 amide bonds. The number of hydrogen-bond donors (Lipinski definition) is 1. The second-order valence-corrected chi connectivity index (χ2v) is 5.89. The van der Waals surface area contributed by atoms with Gasteiger partial charge in [0.2, 0.25) is 0 Å². The van der Waals surface area contributed by atoms with Gasteiger partial charge in [-0.15, -0.1) is 0 Å². The molecule has 1 unspecified atom stereocenters. The SMILES string of the molecule is CCCC(C)[C@@H](c1ccc(OC)c(F)c1)N1CCNCC1. The Morgan fingerprint density at radius 1 is 1.33 bits per heavy atom. The first kappa shape index (κ1) is 16.2. The number of benzene rings is 1. The fraction of sp³-hybridized carbons (Fsp3) is 0.647. The molecular formula is C17H27FN2O. The van der Waals surface area contributed by atoms with E-state index in [2.05, 4.69) is 24.1 Å². The number of halogens is 1. The molecular weight excluding hydrogens is 267 g/mol. The van der Waals surface area contributed by atoms with Crippen molar-refractivity contribution in [2.45, 2.75) is 32.7 Å². The summed E-state index contributed by atoms with van der Waals surface area (Å²) in [5.74, 6) is 0.570. The fourth-order valence-corrected chi connectivity index (χ4v) is 3.34. The van der Waals surface area contributed by atoms with E-state index in [0.29, 0.717) is 11.7 Å². The lowest BCUT2D eigenvalue weighted by Gasteiger charge is -2.38. The highest BCUT2D eigenvalue weighted by atomic mass is 19.1. The van der Waals surface area contributed by atoms with Gasteiger partial charge in [-0.1, -0.05) is 26.3 Å². The lowest BCUT2D eigenvalue weighted by molar-refractivity contribution is 0.125. The van der Waals surface area contributed by atoms with Crippen molar-refractivity contribution >= 4 is 0 Å². The van der Waals surface area contributed by atoms with Crippen LogP contribution in [0.25, 0.3) is 0 Å². The zero-order valence-corrected chi connectivity index (χ0v) is 13.4. The van der Waals surface area contributed by atoms with Crippen LogP contribution in [-0.2, 0) is 0 Å². The maximum Gasteiger partial charge on any atom is 0.165 e. The van der Waals surface area contributed by atoms with E-state index in [4.69, 9.17) is 4.74 Å². The van der Waals surface area contributed by atoms with E-state index in [9.17, 15) is 4.39 Å². The number of nitrogens with one attached hydrogen (secondary N) is 1. The molecule has 1 aliphatic heterocycles. The van der Waals surface area contributed by atoms with Gasteiger partial charge in [-0.3, -0.25) is 4.90 Å². The maximum absolute atomic E-state index is 14.1. The van der Waals surface area contributed by atoms with Crippen molar-refractivity contribution in [2.24, 2.45) is 5.92 Å². The minimum atomic E-state index is -0.265. The summed E-state index contributed by atoms with van der Waals surface area (Å²) in [6.07, 6.45) is 2.31. The van der Waals surface area contributed by atoms with Gasteiger partial charge in [0.25, 0.3) is 0 Å². The molecule has 0 bridgehead atoms. The highest BCUT2D eigenvalue weighted by molar-refractivity contribution is 5.31. The molecule has 0 aromatic heterocycles. The normalized spacial score (nSPS) is 19.2. The van der Waals surface area contributed by atoms with E-state index in [-0.39, 0.29) is 11.9 Å². The Morgan fingerprint density at radius 3 is 2.62 bits per heavy atom. The molecule has 0 radical (unpaired) electrons. The molecule has 3 nitrogen and oxygen atoms in total. The van der Waals surface area contributed by atoms with E-state index >= 15 is 0 Å². The molecule has 1 N–H and O–H groups in total. The smallest absolute Gasteiger partial charge is 0.165 e. The fourth-order valence-electron chi connectivity index (χ4n) is 3.34. The van der Waals surface area contributed by atoms with Gasteiger partial charge >= 0.3 is 0 Å². The Labute approximate surface area is 127 Å². The average molecular weight is 294 g/mol. The van der Waals surface area contributed by atoms with Gasteiger partial charge in [-0.05, 0) is 30.0 Å². The molecule has 0 saturated carbocycles. The standard InChI is InChI=1S/C17H27FN2O/c1-4-5-13(2)17(20-10-8-19-9-11-20)14-6-7-16(21-3)15(18)12-14/h6-7,12-13,17,19H,4-5,8-11H2,1-3H3/t13?,17-/m0/s1. The summed E-state index contributed by atoms with van der Waals surface area (Å²) in [4.78, 5) is 2.48. The van der Waals surface area contributed by atoms with Gasteiger partial charge in [-0.2, -0.15) is 0 Å². The minimum Gasteiger partial charge on any atom is -0.494 e. The van der Waals surface area contributed by atoms with Crippen LogP contribution in [0.2, 0.25) is 0 Å². The van der Waals surface area contributed by atoms with Crippen LogP contribution in [0, 0.1) is 11.7 Å². The molecule has 1 aromatic rings. The Morgan fingerprint density at radius 2 is 2.05 bits per heavy atom. The van der Waals surface area contributed by atoms with Gasteiger partial charge in [0.05, 0.1) is 7.11 Å². The molecule has 1 heterocycles. The van der Waals surface area contributed by atoms with Crippen LogP contribution in [-0.4, -0.2) is 38.2 Å². The predicted molar refractivity (Wildman–Crippen MR) is 84.2 cm³/mol. The molecule has 1 aliphatic rings. The first-order valence-corrected chi connectivity index (χ1v) is 7.95. The number of ether oxygens (including phenoxy) is 1. The van der Waals surface area contributed by atoms with E-state index < -0.39 is 0 Å². The van der Waals surface area contributed by atoms with Crippen LogP contribution >= 0.6 is 0 Å². The first-order chi connectivity index (χ1) is 10.2. The summed E-state index contributed by atoms with van der Waals surface area (Å²) < 4.78 is 19.1. The molecule has 1 aromatic carbocycles. The minimum absolute atomic E-state index is 0.265. The van der Waals surface area contributed by atoms with Gasteiger partial charge < -0.3 is 10.1 Å². The van der Waals surface area contributed by atoms with Gasteiger partial charge in [0.1, 0.15) is 0 Å². The summed E-state index contributed by atoms with van der Waals surface area (Å²) in [5, 5.41) is 3.39. The third-order valence-electron chi connectivity index (χ3n) is 4.35. The number of methoxy groups -OCH3 is 1. The van der Waals surface area contributed by atoms with Crippen LogP contribution in [0.5, 0.6) is 5.75 Å². The summed E-state index contributed by atoms with van der Waals surface area (Å²) in [6, 6.07) is 5.70. The van der Waals surface area contributed by atoms with E-state index in [0.717, 1.165) is 44.6 Å². The lowest BCUT2D eigenvalue weighted by Crippen LogP contribution is -2.46. The number of hydrogen-bond acceptors (Lipinski definition) is 3. The zero-order valence-electron chi connectivity index (χ0n) is 13.4. The molecule has 21 heavy (non-hydrogen) atoms. The van der Waals surface area contributed by atoms with Gasteiger partial charge in [-0.25, -0.2) is 4.39 Å². The molecule has 4 heteroatoms. The van der Waals surface area contributed by atoms with Crippen LogP contribution in [0.3, 0.4) is 0 Å². The van der Waals surface area contributed by atoms with Crippen LogP contribution in [0.1, 0.15) is 38.3 Å². The van der Waals surface area contributed by atoms with Crippen molar-refractivity contribution in [3.63, 3.8) is 0 Å². The molecule has 2 atom stereocenters. The number of nitrogens with zero attached hydrogens (tertiary/aromatic N) is 1. The summed E-state index contributed by atoms with van der Waals surface area (Å²) >= 11 is 0. The Kier molecular flexibility index (Phi) is 6.00. The highest BCUT2D eigenvalue weighted by Crippen LogP contribution is 2.33. The van der Waals surface area contributed by atoms with E-state index in [1.54, 1.807) is 12.1 Å². The molecule has 1 saturated heterocycles. The lowest BCUT2D eigenvalue weighted by atomic mass is 9.89. The Balaban J connectivity index is 2.27. The van der Waals surface area contributed by atoms with Crippen LogP contribution in [0.15, 0.2) is 18.2 Å². The van der Waals surface area contributed by atoms with Crippen molar-refractivity contribution in [3.8, 4) is 5.75 Å². The van der Waals surface area contributed by atoms with E-state index in [1.807, 2.05) is 6.07 Å². The predicted octanol–water partition coefficient (Wildman–Crippen LogP) is 3.22. The molecule has 118 valence electrons. The van der Waals surface area contributed by atoms with Gasteiger partial charge in [0, 0.05) is 32.2 Å². The molecule has 1 fully saturated rings. The second-order valence-electron chi connectivity index (χ2n) is 5.89. The summed E-state index contributed by atoms with van der Waals surface area (Å²) in [6.45, 7) is 8.54. The highest BCUT2D eigenvalue weighted by Gasteiger charge is 2.27. The topological polar surface area (TPSA) is 24.5 Å². The van der Waals surface area contributed by atoms with Crippen LogP contribution < -0.4 is 10.1 Å². The third kappa shape index (κ3) is 3.95. The summed E-state index contributed by atoms with van der Waals surface area (Å²) in [7, 11) is 1.51. The van der Waals surface area contributed by atoms with Crippen molar-refractivity contribution in [1.82, 2.24) is 10.2 Å². The molecule has 0 aliphatic carbocycles. The summed E-state index contributed by atoms with van der Waals surface area (Å²) in [5.41, 5.74) is 1.07.